The number of ether oxygens (including phenoxy) is 3. The van der Waals surface area contributed by atoms with Gasteiger partial charge in [-0.3, -0.25) is 0 Å². The number of cyclic esters (lactones) is 1. The van der Waals surface area contributed by atoms with Crippen LogP contribution < -0.4 is 14.8 Å². The maximum Gasteiger partial charge on any atom is 0.409 e. The van der Waals surface area contributed by atoms with Crippen molar-refractivity contribution in [1.29, 1.82) is 0 Å². The van der Waals surface area contributed by atoms with Crippen LogP contribution in [0, 0.1) is 0 Å². The molecule has 0 unspecified atom stereocenters. The Balaban J connectivity index is 1.36. The molecule has 0 atom stereocenters. The number of carbonyl (C=O) groups is 2. The average Bonchev–Trinajstić information content (AvgIpc) is 2.59. The Morgan fingerprint density at radius 1 is 1.32 bits per heavy atom. The van der Waals surface area contributed by atoms with Crippen LogP contribution in [0.5, 0.6) is 11.5 Å². The number of rotatable bonds is 6. The smallest absolute Gasteiger partial charge is 0.409 e. The molecule has 2 aliphatic heterocycles. The van der Waals surface area contributed by atoms with Gasteiger partial charge in [-0.15, -0.1) is 0 Å². The van der Waals surface area contributed by atoms with Crippen LogP contribution in [-0.4, -0.2) is 74.5 Å². The minimum atomic E-state index is -0.310. The molecule has 1 aromatic rings. The number of urea groups is 1. The second-order valence-electron chi connectivity index (χ2n) is 5.98. The standard InChI is InChI=1S/C17H23N3O5/c1-23-14-5-2-3-6-15(14)25-13-11-20(12-13)16(21)18-7-9-19-8-4-10-24-17(19)22/h2-3,5-6,13H,4,7-12H2,1H3,(H,18,21). The van der Waals surface area contributed by atoms with Crippen LogP contribution in [0.3, 0.4) is 0 Å². The van der Waals surface area contributed by atoms with E-state index in [1.807, 2.05) is 24.3 Å². The van der Waals surface area contributed by atoms with Gasteiger partial charge in [-0.2, -0.15) is 0 Å². The summed E-state index contributed by atoms with van der Waals surface area (Å²) in [6, 6.07) is 7.30. The summed E-state index contributed by atoms with van der Waals surface area (Å²) in [6.45, 7) is 3.06. The van der Waals surface area contributed by atoms with E-state index >= 15 is 0 Å². The first-order chi connectivity index (χ1) is 12.2. The van der Waals surface area contributed by atoms with E-state index in [2.05, 4.69) is 5.32 Å². The van der Waals surface area contributed by atoms with Gasteiger partial charge in [-0.1, -0.05) is 12.1 Å². The molecular weight excluding hydrogens is 326 g/mol. The number of likely N-dealkylation sites (tertiary alicyclic amines) is 1. The number of nitrogens with zero attached hydrogens (tertiary/aromatic N) is 2. The van der Waals surface area contributed by atoms with Gasteiger partial charge < -0.3 is 29.3 Å². The molecule has 8 nitrogen and oxygen atoms in total. The van der Waals surface area contributed by atoms with Gasteiger partial charge in [0, 0.05) is 19.6 Å². The van der Waals surface area contributed by atoms with Crippen LogP contribution in [0.25, 0.3) is 0 Å². The molecule has 8 heteroatoms. The van der Waals surface area contributed by atoms with Crippen molar-refractivity contribution < 1.29 is 23.8 Å². The topological polar surface area (TPSA) is 80.3 Å². The summed E-state index contributed by atoms with van der Waals surface area (Å²) in [5.74, 6) is 1.36. The maximum absolute atomic E-state index is 12.1. The molecule has 2 saturated heterocycles. The van der Waals surface area contributed by atoms with Gasteiger partial charge in [0.25, 0.3) is 0 Å². The molecule has 0 saturated carbocycles. The van der Waals surface area contributed by atoms with Crippen molar-refractivity contribution in [2.75, 3.05) is 46.4 Å². The summed E-state index contributed by atoms with van der Waals surface area (Å²) < 4.78 is 16.1. The number of nitrogens with one attached hydrogen (secondary N) is 1. The normalized spacial score (nSPS) is 17.6. The third-order valence-corrected chi connectivity index (χ3v) is 4.21. The van der Waals surface area contributed by atoms with Crippen LogP contribution >= 0.6 is 0 Å². The van der Waals surface area contributed by atoms with E-state index in [1.54, 1.807) is 16.9 Å². The second kappa shape index (κ2) is 7.96. The van der Waals surface area contributed by atoms with E-state index in [0.29, 0.717) is 50.8 Å². The molecule has 1 N–H and O–H groups in total. The zero-order valence-corrected chi connectivity index (χ0v) is 14.3. The number of para-hydroxylation sites is 2. The predicted molar refractivity (Wildman–Crippen MR) is 89.9 cm³/mol. The van der Waals surface area contributed by atoms with E-state index in [-0.39, 0.29) is 18.2 Å². The van der Waals surface area contributed by atoms with Gasteiger partial charge >= 0.3 is 12.1 Å². The van der Waals surface area contributed by atoms with Crippen molar-refractivity contribution in [1.82, 2.24) is 15.1 Å². The third-order valence-electron chi connectivity index (χ3n) is 4.21. The third kappa shape index (κ3) is 4.26. The van der Waals surface area contributed by atoms with Crippen LogP contribution in [-0.2, 0) is 4.74 Å². The van der Waals surface area contributed by atoms with E-state index in [0.717, 1.165) is 6.42 Å². The molecule has 0 bridgehead atoms. The van der Waals surface area contributed by atoms with Gasteiger partial charge in [0.15, 0.2) is 11.5 Å². The lowest BCUT2D eigenvalue weighted by Gasteiger charge is -2.39. The van der Waals surface area contributed by atoms with Gasteiger partial charge in [0.2, 0.25) is 0 Å². The molecule has 0 spiro atoms. The van der Waals surface area contributed by atoms with Crippen LogP contribution in [0.15, 0.2) is 24.3 Å². The Morgan fingerprint density at radius 2 is 2.08 bits per heavy atom. The molecule has 0 aromatic heterocycles. The quantitative estimate of drug-likeness (QED) is 0.838. The molecule has 3 amide bonds. The van der Waals surface area contributed by atoms with E-state index in [1.165, 1.54) is 0 Å². The first-order valence-corrected chi connectivity index (χ1v) is 8.41. The maximum atomic E-state index is 12.1. The fourth-order valence-corrected chi connectivity index (χ4v) is 2.78. The zero-order valence-electron chi connectivity index (χ0n) is 14.3. The molecule has 25 heavy (non-hydrogen) atoms. The minimum absolute atomic E-state index is 0.0425. The van der Waals surface area contributed by atoms with Gasteiger partial charge in [-0.25, -0.2) is 9.59 Å². The van der Waals surface area contributed by atoms with Gasteiger partial charge in [-0.05, 0) is 18.6 Å². The predicted octanol–water partition coefficient (Wildman–Crippen LogP) is 1.31. The number of carbonyl (C=O) groups excluding carboxylic acids is 2. The summed E-state index contributed by atoms with van der Waals surface area (Å²) in [5.41, 5.74) is 0. The molecule has 0 radical (unpaired) electrons. The highest BCUT2D eigenvalue weighted by Gasteiger charge is 2.32. The molecule has 2 fully saturated rings. The molecule has 3 rings (SSSR count). The second-order valence-corrected chi connectivity index (χ2v) is 5.98. The van der Waals surface area contributed by atoms with E-state index in [9.17, 15) is 9.59 Å². The van der Waals surface area contributed by atoms with Crippen LogP contribution in [0.4, 0.5) is 9.59 Å². The SMILES string of the molecule is COc1ccccc1OC1CN(C(=O)NCCN2CCCOC2=O)C1. The number of benzene rings is 1. The first kappa shape index (κ1) is 17.2. The Morgan fingerprint density at radius 3 is 2.80 bits per heavy atom. The van der Waals surface area contributed by atoms with Crippen molar-refractivity contribution in [3.8, 4) is 11.5 Å². The van der Waals surface area contributed by atoms with Crippen molar-refractivity contribution in [3.05, 3.63) is 24.3 Å². The summed E-state index contributed by atoms with van der Waals surface area (Å²) in [5, 5.41) is 2.82. The van der Waals surface area contributed by atoms with Gasteiger partial charge in [0.1, 0.15) is 6.10 Å². The van der Waals surface area contributed by atoms with E-state index in [4.69, 9.17) is 14.2 Å². The minimum Gasteiger partial charge on any atom is -0.493 e. The van der Waals surface area contributed by atoms with Crippen molar-refractivity contribution in [2.24, 2.45) is 0 Å². The molecule has 2 aliphatic rings. The number of hydrogen-bond acceptors (Lipinski definition) is 5. The Hall–Kier alpha value is -2.64. The zero-order chi connectivity index (χ0) is 17.6. The number of amides is 3. The van der Waals surface area contributed by atoms with Crippen molar-refractivity contribution in [2.45, 2.75) is 12.5 Å². The lowest BCUT2D eigenvalue weighted by molar-refractivity contribution is 0.0420. The Bertz CT molecular complexity index is 618. The lowest BCUT2D eigenvalue weighted by atomic mass is 10.2. The molecule has 1 aromatic carbocycles. The average molecular weight is 349 g/mol. The van der Waals surface area contributed by atoms with Crippen LogP contribution in [0.2, 0.25) is 0 Å². The molecule has 2 heterocycles. The van der Waals surface area contributed by atoms with Gasteiger partial charge in [0.05, 0.1) is 26.8 Å². The molecule has 0 aliphatic carbocycles. The van der Waals surface area contributed by atoms with Crippen LogP contribution in [0.1, 0.15) is 6.42 Å². The molecule has 136 valence electrons. The highest BCUT2D eigenvalue weighted by molar-refractivity contribution is 5.75. The summed E-state index contributed by atoms with van der Waals surface area (Å²) >= 11 is 0. The number of hydrogen-bond donors (Lipinski definition) is 1. The Kier molecular flexibility index (Phi) is 5.47. The largest absolute Gasteiger partial charge is 0.493 e. The monoisotopic (exact) mass is 349 g/mol. The summed E-state index contributed by atoms with van der Waals surface area (Å²) in [6.07, 6.45) is 0.474. The van der Waals surface area contributed by atoms with Crippen molar-refractivity contribution >= 4 is 12.1 Å². The highest BCUT2D eigenvalue weighted by Crippen LogP contribution is 2.28. The first-order valence-electron chi connectivity index (χ1n) is 8.41. The van der Waals surface area contributed by atoms with E-state index < -0.39 is 0 Å². The fourth-order valence-electron chi connectivity index (χ4n) is 2.78. The fraction of sp³-hybridized carbons (Fsp3) is 0.529. The highest BCUT2D eigenvalue weighted by atomic mass is 16.6. The number of methoxy groups -OCH3 is 1. The Labute approximate surface area is 146 Å². The summed E-state index contributed by atoms with van der Waals surface area (Å²) in [7, 11) is 1.60. The lowest BCUT2D eigenvalue weighted by Crippen LogP contribution is -2.59. The summed E-state index contributed by atoms with van der Waals surface area (Å²) in [4.78, 5) is 26.8. The van der Waals surface area contributed by atoms with Crippen molar-refractivity contribution in [3.63, 3.8) is 0 Å². The molecular formula is C17H23N3O5.